The minimum atomic E-state index is -0.186. The van der Waals surface area contributed by atoms with Crippen molar-refractivity contribution >= 4 is 15.9 Å². The highest BCUT2D eigenvalue weighted by Crippen LogP contribution is 2.35. The van der Waals surface area contributed by atoms with Crippen LogP contribution in [0.2, 0.25) is 0 Å². The standard InChI is InChI=1S/C16H23BrO/c1-11-6-7-14(8-12(11)2)16(18)10-13-4-3-5-15(17)9-13/h3-5,9,11-12,14,16,18H,6-8,10H2,1-2H3. The van der Waals surface area contributed by atoms with Gasteiger partial charge in [0.15, 0.2) is 0 Å². The molecule has 2 rings (SSSR count). The van der Waals surface area contributed by atoms with Gasteiger partial charge in [-0.3, -0.25) is 0 Å². The molecule has 0 aliphatic heterocycles. The zero-order valence-electron chi connectivity index (χ0n) is 11.3. The molecule has 0 radical (unpaired) electrons. The molecule has 1 aliphatic carbocycles. The van der Waals surface area contributed by atoms with E-state index in [2.05, 4.69) is 41.9 Å². The van der Waals surface area contributed by atoms with Crippen molar-refractivity contribution in [2.24, 2.45) is 17.8 Å². The van der Waals surface area contributed by atoms with Crippen LogP contribution >= 0.6 is 15.9 Å². The van der Waals surface area contributed by atoms with Gasteiger partial charge in [0.1, 0.15) is 0 Å². The van der Waals surface area contributed by atoms with E-state index in [1.54, 1.807) is 0 Å². The van der Waals surface area contributed by atoms with E-state index in [0.29, 0.717) is 5.92 Å². The molecule has 2 heteroatoms. The monoisotopic (exact) mass is 310 g/mol. The summed E-state index contributed by atoms with van der Waals surface area (Å²) in [7, 11) is 0. The summed E-state index contributed by atoms with van der Waals surface area (Å²) in [5, 5.41) is 10.4. The topological polar surface area (TPSA) is 20.2 Å². The first-order valence-electron chi connectivity index (χ1n) is 6.98. The van der Waals surface area contributed by atoms with Crippen LogP contribution in [-0.4, -0.2) is 11.2 Å². The molecule has 0 amide bonds. The summed E-state index contributed by atoms with van der Waals surface area (Å²) in [5.74, 6) is 2.05. The van der Waals surface area contributed by atoms with Gasteiger partial charge in [0.2, 0.25) is 0 Å². The third kappa shape index (κ3) is 3.58. The van der Waals surface area contributed by atoms with Crippen molar-refractivity contribution in [2.75, 3.05) is 0 Å². The number of aliphatic hydroxyl groups is 1. The van der Waals surface area contributed by atoms with Gasteiger partial charge in [0.25, 0.3) is 0 Å². The minimum Gasteiger partial charge on any atom is -0.392 e. The second kappa shape index (κ2) is 6.21. The fraction of sp³-hybridized carbons (Fsp3) is 0.625. The number of benzene rings is 1. The van der Waals surface area contributed by atoms with Crippen LogP contribution in [0.3, 0.4) is 0 Å². The maximum Gasteiger partial charge on any atom is 0.0608 e. The molecule has 1 aromatic carbocycles. The zero-order valence-corrected chi connectivity index (χ0v) is 12.9. The van der Waals surface area contributed by atoms with Crippen molar-refractivity contribution in [3.8, 4) is 0 Å². The fourth-order valence-electron chi connectivity index (χ4n) is 3.01. The molecule has 1 N–H and O–H groups in total. The number of aliphatic hydroxyl groups excluding tert-OH is 1. The van der Waals surface area contributed by atoms with Gasteiger partial charge >= 0.3 is 0 Å². The maximum absolute atomic E-state index is 10.4. The third-order valence-corrected chi connectivity index (χ3v) is 5.01. The maximum atomic E-state index is 10.4. The van der Waals surface area contributed by atoms with Crippen LogP contribution in [0.1, 0.15) is 38.7 Å². The fourth-order valence-corrected chi connectivity index (χ4v) is 3.46. The average molecular weight is 311 g/mol. The van der Waals surface area contributed by atoms with Gasteiger partial charge in [0, 0.05) is 4.47 Å². The van der Waals surface area contributed by atoms with Gasteiger partial charge < -0.3 is 5.11 Å². The van der Waals surface area contributed by atoms with Gasteiger partial charge in [-0.25, -0.2) is 0 Å². The molecule has 18 heavy (non-hydrogen) atoms. The van der Waals surface area contributed by atoms with Crippen molar-refractivity contribution < 1.29 is 5.11 Å². The quantitative estimate of drug-likeness (QED) is 0.876. The van der Waals surface area contributed by atoms with E-state index >= 15 is 0 Å². The Hall–Kier alpha value is -0.340. The largest absolute Gasteiger partial charge is 0.392 e. The van der Waals surface area contributed by atoms with E-state index in [1.807, 2.05) is 12.1 Å². The Labute approximate surface area is 119 Å². The van der Waals surface area contributed by atoms with Crippen LogP contribution in [0.5, 0.6) is 0 Å². The van der Waals surface area contributed by atoms with Crippen LogP contribution in [0.4, 0.5) is 0 Å². The molecule has 0 spiro atoms. The molecule has 100 valence electrons. The average Bonchev–Trinajstić information content (AvgIpc) is 2.32. The van der Waals surface area contributed by atoms with Crippen molar-refractivity contribution in [2.45, 2.75) is 45.6 Å². The molecule has 4 atom stereocenters. The normalized spacial score (nSPS) is 30.1. The number of halogens is 1. The summed E-state index contributed by atoms with van der Waals surface area (Å²) in [6.45, 7) is 4.66. The summed E-state index contributed by atoms with van der Waals surface area (Å²) in [6.07, 6.45) is 4.22. The Kier molecular flexibility index (Phi) is 4.85. The van der Waals surface area contributed by atoms with E-state index < -0.39 is 0 Å². The molecular formula is C16H23BrO. The molecule has 0 heterocycles. The lowest BCUT2D eigenvalue weighted by molar-refractivity contribution is 0.0570. The van der Waals surface area contributed by atoms with Crippen LogP contribution in [0.15, 0.2) is 28.7 Å². The van der Waals surface area contributed by atoms with Gasteiger partial charge in [-0.2, -0.15) is 0 Å². The first kappa shape index (κ1) is 14.1. The molecule has 1 aliphatic rings. The Morgan fingerprint density at radius 1 is 1.28 bits per heavy atom. The minimum absolute atomic E-state index is 0.186. The van der Waals surface area contributed by atoms with Crippen LogP contribution < -0.4 is 0 Å². The van der Waals surface area contributed by atoms with Crippen molar-refractivity contribution in [3.63, 3.8) is 0 Å². The molecule has 1 aromatic rings. The number of hydrogen-bond donors (Lipinski definition) is 1. The van der Waals surface area contributed by atoms with E-state index in [-0.39, 0.29) is 6.10 Å². The molecule has 4 unspecified atom stereocenters. The predicted octanol–water partition coefficient (Wildman–Crippen LogP) is 4.42. The smallest absolute Gasteiger partial charge is 0.0608 e. The van der Waals surface area contributed by atoms with Crippen LogP contribution in [0.25, 0.3) is 0 Å². The third-order valence-electron chi connectivity index (χ3n) is 4.52. The highest BCUT2D eigenvalue weighted by molar-refractivity contribution is 9.10. The lowest BCUT2D eigenvalue weighted by Crippen LogP contribution is -2.30. The Morgan fingerprint density at radius 3 is 2.72 bits per heavy atom. The number of hydrogen-bond acceptors (Lipinski definition) is 1. The van der Waals surface area contributed by atoms with Crippen molar-refractivity contribution in [1.29, 1.82) is 0 Å². The first-order chi connectivity index (χ1) is 8.56. The highest BCUT2D eigenvalue weighted by Gasteiger charge is 2.29. The lowest BCUT2D eigenvalue weighted by atomic mass is 9.73. The van der Waals surface area contributed by atoms with Crippen molar-refractivity contribution in [1.82, 2.24) is 0 Å². The summed E-state index contributed by atoms with van der Waals surface area (Å²) in [6, 6.07) is 8.28. The van der Waals surface area contributed by atoms with Crippen LogP contribution in [-0.2, 0) is 6.42 Å². The van der Waals surface area contributed by atoms with E-state index in [9.17, 15) is 5.11 Å². The Bertz CT molecular complexity index is 390. The zero-order chi connectivity index (χ0) is 13.1. The Morgan fingerprint density at radius 2 is 2.06 bits per heavy atom. The molecular weight excluding hydrogens is 288 g/mol. The molecule has 1 fully saturated rings. The van der Waals surface area contributed by atoms with Gasteiger partial charge in [0.05, 0.1) is 6.10 Å². The molecule has 1 nitrogen and oxygen atoms in total. The second-order valence-corrected chi connectivity index (χ2v) is 6.84. The lowest BCUT2D eigenvalue weighted by Gasteiger charge is -2.34. The molecule has 0 aromatic heterocycles. The first-order valence-corrected chi connectivity index (χ1v) is 7.78. The second-order valence-electron chi connectivity index (χ2n) is 5.93. The van der Waals surface area contributed by atoms with Gasteiger partial charge in [-0.05, 0) is 54.7 Å². The SMILES string of the molecule is CC1CCC(C(O)Cc2cccc(Br)c2)CC1C. The molecule has 0 bridgehead atoms. The predicted molar refractivity (Wildman–Crippen MR) is 79.5 cm³/mol. The van der Waals surface area contributed by atoms with E-state index in [4.69, 9.17) is 0 Å². The van der Waals surface area contributed by atoms with E-state index in [0.717, 1.165) is 22.7 Å². The summed E-state index contributed by atoms with van der Waals surface area (Å²) in [4.78, 5) is 0. The van der Waals surface area contributed by atoms with Crippen LogP contribution in [0, 0.1) is 17.8 Å². The summed E-state index contributed by atoms with van der Waals surface area (Å²) < 4.78 is 1.10. The van der Waals surface area contributed by atoms with Crippen molar-refractivity contribution in [3.05, 3.63) is 34.3 Å². The molecule has 1 saturated carbocycles. The molecule has 0 saturated heterocycles. The highest BCUT2D eigenvalue weighted by atomic mass is 79.9. The Balaban J connectivity index is 1.94. The summed E-state index contributed by atoms with van der Waals surface area (Å²) in [5.41, 5.74) is 1.23. The van der Waals surface area contributed by atoms with Gasteiger partial charge in [-0.15, -0.1) is 0 Å². The van der Waals surface area contributed by atoms with Gasteiger partial charge in [-0.1, -0.05) is 48.3 Å². The summed E-state index contributed by atoms with van der Waals surface area (Å²) >= 11 is 3.48. The number of rotatable bonds is 3. The van der Waals surface area contributed by atoms with E-state index in [1.165, 1.54) is 24.8 Å².